The van der Waals surface area contributed by atoms with Crippen LogP contribution in [-0.4, -0.2) is 104 Å². The zero-order valence-corrected chi connectivity index (χ0v) is 35.6. The van der Waals surface area contributed by atoms with Crippen molar-refractivity contribution in [2.45, 2.75) is 131 Å². The van der Waals surface area contributed by atoms with Crippen LogP contribution in [0.1, 0.15) is 107 Å². The Bertz CT molecular complexity index is 707. The summed E-state index contributed by atoms with van der Waals surface area (Å²) >= 11 is 0. The van der Waals surface area contributed by atoms with Gasteiger partial charge < -0.3 is 56.3 Å². The van der Waals surface area contributed by atoms with Crippen molar-refractivity contribution in [1.82, 2.24) is 0 Å². The number of hydrogen-bond donors (Lipinski definition) is 0. The second-order valence-corrected chi connectivity index (χ2v) is 15.8. The molecule has 0 aromatic rings. The third-order valence-electron chi connectivity index (χ3n) is 8.33. The summed E-state index contributed by atoms with van der Waals surface area (Å²) in [6.07, 6.45) is 8.09. The summed E-state index contributed by atoms with van der Waals surface area (Å²) in [4.78, 5) is 24.0. The SMILES string of the molecule is CCCC1COCC(C)OCC(C)OCC(CCC)COP([O-])OC1.CCCC1COCC(C)OCC(C)OCC(CCC)COP([O-])OC1.[Ni+2]. The average molecular weight is 818 g/mol. The molecule has 0 radical (unpaired) electrons. The number of rotatable bonds is 8. The molecule has 51 heavy (non-hydrogen) atoms. The number of hydrogen-bond acceptors (Lipinski definition) is 12. The largest absolute Gasteiger partial charge is 2.00 e. The van der Waals surface area contributed by atoms with Crippen LogP contribution in [0.3, 0.4) is 0 Å². The van der Waals surface area contributed by atoms with E-state index in [4.69, 9.17) is 46.5 Å². The van der Waals surface area contributed by atoms with Crippen molar-refractivity contribution in [3.63, 3.8) is 0 Å². The molecule has 2 saturated heterocycles. The molecule has 2 rings (SSSR count). The number of ether oxygens (including phenoxy) is 6. The maximum atomic E-state index is 12.0. The van der Waals surface area contributed by atoms with E-state index >= 15 is 0 Å². The summed E-state index contributed by atoms with van der Waals surface area (Å²) in [5.74, 6) is 0.882. The van der Waals surface area contributed by atoms with Crippen LogP contribution in [0.15, 0.2) is 0 Å². The van der Waals surface area contributed by atoms with Crippen LogP contribution in [-0.2, 0) is 63.0 Å². The van der Waals surface area contributed by atoms with Crippen molar-refractivity contribution in [2.24, 2.45) is 23.7 Å². The molecule has 0 aromatic carbocycles. The van der Waals surface area contributed by atoms with Crippen LogP contribution in [0, 0.1) is 23.7 Å². The molecule has 2 fully saturated rings. The van der Waals surface area contributed by atoms with Gasteiger partial charge in [0.2, 0.25) is 0 Å². The van der Waals surface area contributed by atoms with E-state index in [1.54, 1.807) is 0 Å². The molecule has 0 amide bonds. The van der Waals surface area contributed by atoms with E-state index in [1.165, 1.54) is 0 Å². The fourth-order valence-corrected chi connectivity index (χ4v) is 6.90. The molecule has 0 aliphatic carbocycles. The van der Waals surface area contributed by atoms with Gasteiger partial charge in [-0.25, -0.2) is 0 Å². The zero-order valence-electron chi connectivity index (χ0n) is 32.9. The van der Waals surface area contributed by atoms with E-state index in [2.05, 4.69) is 27.7 Å². The summed E-state index contributed by atoms with van der Waals surface area (Å²) in [5.41, 5.74) is 0. The third kappa shape index (κ3) is 28.9. The first-order valence-corrected chi connectivity index (χ1v) is 21.4. The molecule has 0 N–H and O–H groups in total. The molecule has 15 heteroatoms. The van der Waals surface area contributed by atoms with Crippen LogP contribution < -0.4 is 9.79 Å². The van der Waals surface area contributed by atoms with Crippen LogP contribution in [0.25, 0.3) is 0 Å². The maximum Gasteiger partial charge on any atom is 2.00 e. The molecule has 308 valence electrons. The first-order chi connectivity index (χ1) is 24.1. The van der Waals surface area contributed by atoms with Gasteiger partial charge in [0.15, 0.2) is 0 Å². The maximum absolute atomic E-state index is 12.0. The molecule has 2 aliphatic rings. The molecule has 2 aliphatic heterocycles. The second-order valence-electron chi connectivity index (χ2n) is 13.9. The van der Waals surface area contributed by atoms with Gasteiger partial charge in [-0.1, -0.05) is 53.4 Å². The Morgan fingerprint density at radius 2 is 0.647 bits per heavy atom. The molecule has 10 atom stereocenters. The van der Waals surface area contributed by atoms with Gasteiger partial charge >= 0.3 is 16.5 Å². The second kappa shape index (κ2) is 34.1. The normalized spacial score (nSPS) is 34.0. The van der Waals surface area contributed by atoms with Crippen molar-refractivity contribution in [3.8, 4) is 0 Å². The summed E-state index contributed by atoms with van der Waals surface area (Å²) in [6.45, 7) is 22.5. The monoisotopic (exact) mass is 816 g/mol. The molecule has 0 bridgehead atoms. The van der Waals surface area contributed by atoms with Crippen molar-refractivity contribution >= 4 is 17.2 Å². The predicted octanol–water partition coefficient (Wildman–Crippen LogP) is 6.56. The van der Waals surface area contributed by atoms with Gasteiger partial charge in [-0.3, -0.25) is 0 Å². The Morgan fingerprint density at radius 3 is 0.941 bits per heavy atom. The standard InChI is InChI=1S/2C18H36O6P.Ni/c2*1-5-7-17-11-20-9-15(3)21-10-16(4)22-12-18(8-6-2)14-24-25(19)23-13-17;/h2*15-18H,5-14H2,1-4H3;/q2*-1;+2. The third-order valence-corrected chi connectivity index (χ3v) is 9.77. The average Bonchev–Trinajstić information content (AvgIpc) is 3.09. The molecular weight excluding hydrogens is 745 g/mol. The van der Waals surface area contributed by atoms with Crippen LogP contribution in [0.2, 0.25) is 0 Å². The van der Waals surface area contributed by atoms with Gasteiger partial charge in [0, 0.05) is 23.7 Å². The van der Waals surface area contributed by atoms with Gasteiger partial charge in [0.05, 0.1) is 121 Å². The minimum Gasteiger partial charge on any atom is -0.786 e. The van der Waals surface area contributed by atoms with Gasteiger partial charge in [-0.2, -0.15) is 0 Å². The van der Waals surface area contributed by atoms with Crippen molar-refractivity contribution in [3.05, 3.63) is 0 Å². The van der Waals surface area contributed by atoms with E-state index < -0.39 is 17.2 Å². The van der Waals surface area contributed by atoms with E-state index in [0.717, 1.165) is 51.4 Å². The molecule has 0 aromatic heterocycles. The van der Waals surface area contributed by atoms with Crippen molar-refractivity contribution < 1.29 is 72.8 Å². The van der Waals surface area contributed by atoms with E-state index in [1.807, 2.05) is 27.7 Å². The van der Waals surface area contributed by atoms with E-state index in [-0.39, 0.29) is 64.6 Å². The van der Waals surface area contributed by atoms with Crippen LogP contribution >= 0.6 is 17.2 Å². The Balaban J connectivity index is 0.000000962. The van der Waals surface area contributed by atoms with Gasteiger partial charge in [-0.15, -0.1) is 0 Å². The Kier molecular flexibility index (Phi) is 34.7. The van der Waals surface area contributed by atoms with Crippen LogP contribution in [0.5, 0.6) is 0 Å². The Morgan fingerprint density at radius 1 is 0.392 bits per heavy atom. The molecule has 2 heterocycles. The minimum atomic E-state index is -2.09. The molecule has 10 unspecified atom stereocenters. The van der Waals surface area contributed by atoms with Crippen LogP contribution in [0.4, 0.5) is 0 Å². The summed E-state index contributed by atoms with van der Waals surface area (Å²) in [5, 5.41) is 0. The van der Waals surface area contributed by atoms with Gasteiger partial charge in [0.25, 0.3) is 0 Å². The first kappa shape index (κ1) is 51.9. The van der Waals surface area contributed by atoms with Crippen molar-refractivity contribution in [1.29, 1.82) is 0 Å². The summed E-state index contributed by atoms with van der Waals surface area (Å²) < 4.78 is 56.5. The molecule has 0 saturated carbocycles. The quantitative estimate of drug-likeness (QED) is 0.194. The molecular formula is C36H72NiO12P2. The summed E-state index contributed by atoms with van der Waals surface area (Å²) in [7, 11) is -4.18. The molecule has 0 spiro atoms. The Labute approximate surface area is 323 Å². The molecule has 12 nitrogen and oxygen atoms in total. The zero-order chi connectivity index (χ0) is 37.0. The smallest absolute Gasteiger partial charge is 0.786 e. The topological polar surface area (TPSA) is 138 Å². The summed E-state index contributed by atoms with van der Waals surface area (Å²) in [6, 6.07) is 0. The van der Waals surface area contributed by atoms with Gasteiger partial charge in [-0.05, 0) is 53.4 Å². The fraction of sp³-hybridized carbons (Fsp3) is 1.00. The minimum absolute atomic E-state index is 0. The fourth-order valence-electron chi connectivity index (χ4n) is 5.43. The Hall–Kier alpha value is 0.874. The predicted molar refractivity (Wildman–Crippen MR) is 195 cm³/mol. The van der Waals surface area contributed by atoms with Gasteiger partial charge in [0.1, 0.15) is 0 Å². The first-order valence-electron chi connectivity index (χ1n) is 19.2. The van der Waals surface area contributed by atoms with E-state index in [9.17, 15) is 9.79 Å². The van der Waals surface area contributed by atoms with Crippen molar-refractivity contribution in [2.75, 3.05) is 79.3 Å². The van der Waals surface area contributed by atoms with E-state index in [0.29, 0.717) is 79.3 Å².